The molecule has 0 aliphatic heterocycles. The SMILES string of the molecule is Cc1cc(Cl)nc(NC(=O)C2CCCCCC2N)n1. The van der Waals surface area contributed by atoms with Gasteiger partial charge in [0.1, 0.15) is 5.15 Å². The van der Waals surface area contributed by atoms with Crippen LogP contribution >= 0.6 is 11.6 Å². The molecule has 0 bridgehead atoms. The fraction of sp³-hybridized carbons (Fsp3) is 0.615. The van der Waals surface area contributed by atoms with Gasteiger partial charge in [0.05, 0.1) is 5.92 Å². The Kier molecular flexibility index (Phi) is 4.71. The van der Waals surface area contributed by atoms with E-state index in [1.165, 1.54) is 0 Å². The Morgan fingerprint density at radius 2 is 2.11 bits per heavy atom. The molecule has 1 fully saturated rings. The van der Waals surface area contributed by atoms with Gasteiger partial charge in [-0.15, -0.1) is 0 Å². The van der Waals surface area contributed by atoms with Gasteiger partial charge in [-0.05, 0) is 25.8 Å². The van der Waals surface area contributed by atoms with Crippen LogP contribution in [0.15, 0.2) is 6.07 Å². The number of amides is 1. The van der Waals surface area contributed by atoms with Crippen molar-refractivity contribution in [2.45, 2.75) is 45.1 Å². The molecule has 1 aliphatic rings. The van der Waals surface area contributed by atoms with Crippen LogP contribution in [0.5, 0.6) is 0 Å². The van der Waals surface area contributed by atoms with E-state index in [1.807, 2.05) is 0 Å². The summed E-state index contributed by atoms with van der Waals surface area (Å²) in [6.45, 7) is 1.81. The number of hydrogen-bond acceptors (Lipinski definition) is 4. The molecule has 0 radical (unpaired) electrons. The Labute approximate surface area is 118 Å². The Morgan fingerprint density at radius 1 is 1.37 bits per heavy atom. The largest absolute Gasteiger partial charge is 0.327 e. The summed E-state index contributed by atoms with van der Waals surface area (Å²) >= 11 is 5.85. The first-order valence-electron chi connectivity index (χ1n) is 6.64. The highest BCUT2D eigenvalue weighted by atomic mass is 35.5. The average molecular weight is 283 g/mol. The monoisotopic (exact) mass is 282 g/mol. The van der Waals surface area contributed by atoms with Crippen LogP contribution < -0.4 is 11.1 Å². The van der Waals surface area contributed by atoms with E-state index >= 15 is 0 Å². The Bertz CT molecular complexity index is 446. The summed E-state index contributed by atoms with van der Waals surface area (Å²) in [5, 5.41) is 3.05. The van der Waals surface area contributed by atoms with Crippen LogP contribution in [0.4, 0.5) is 5.95 Å². The zero-order valence-corrected chi connectivity index (χ0v) is 11.8. The molecule has 1 amide bonds. The topological polar surface area (TPSA) is 80.9 Å². The highest BCUT2D eigenvalue weighted by Crippen LogP contribution is 2.23. The quantitative estimate of drug-likeness (QED) is 0.644. The molecule has 5 nitrogen and oxygen atoms in total. The zero-order chi connectivity index (χ0) is 13.8. The van der Waals surface area contributed by atoms with E-state index in [2.05, 4.69) is 15.3 Å². The number of carbonyl (C=O) groups excluding carboxylic acids is 1. The van der Waals surface area contributed by atoms with E-state index in [0.717, 1.165) is 37.8 Å². The number of rotatable bonds is 2. The molecule has 1 aromatic heterocycles. The first-order chi connectivity index (χ1) is 9.06. The molecule has 2 atom stereocenters. The first-order valence-corrected chi connectivity index (χ1v) is 7.01. The van der Waals surface area contributed by atoms with Gasteiger partial charge in [0, 0.05) is 11.7 Å². The van der Waals surface area contributed by atoms with Crippen molar-refractivity contribution >= 4 is 23.5 Å². The second-order valence-corrected chi connectivity index (χ2v) is 5.44. The van der Waals surface area contributed by atoms with Gasteiger partial charge in [0.25, 0.3) is 0 Å². The van der Waals surface area contributed by atoms with Gasteiger partial charge in [-0.25, -0.2) is 9.97 Å². The van der Waals surface area contributed by atoms with Gasteiger partial charge in [-0.1, -0.05) is 30.9 Å². The fourth-order valence-corrected chi connectivity index (χ4v) is 2.69. The van der Waals surface area contributed by atoms with Gasteiger partial charge >= 0.3 is 0 Å². The third kappa shape index (κ3) is 3.88. The van der Waals surface area contributed by atoms with Crippen molar-refractivity contribution in [3.8, 4) is 0 Å². The summed E-state index contributed by atoms with van der Waals surface area (Å²) in [5.74, 6) is -0.00657. The molecule has 1 heterocycles. The lowest BCUT2D eigenvalue weighted by Crippen LogP contribution is -2.38. The minimum absolute atomic E-state index is 0.0808. The fourth-order valence-electron chi connectivity index (χ4n) is 2.45. The summed E-state index contributed by atoms with van der Waals surface area (Å²) in [7, 11) is 0. The maximum atomic E-state index is 12.2. The second kappa shape index (κ2) is 6.30. The van der Waals surface area contributed by atoms with Gasteiger partial charge in [-0.3, -0.25) is 10.1 Å². The van der Waals surface area contributed by atoms with Crippen molar-refractivity contribution < 1.29 is 4.79 Å². The van der Waals surface area contributed by atoms with Crippen molar-refractivity contribution in [3.05, 3.63) is 16.9 Å². The maximum absolute atomic E-state index is 12.2. The van der Waals surface area contributed by atoms with Crippen LogP contribution in [-0.4, -0.2) is 21.9 Å². The number of nitrogens with one attached hydrogen (secondary N) is 1. The smallest absolute Gasteiger partial charge is 0.231 e. The van der Waals surface area contributed by atoms with Crippen LogP contribution in [0.3, 0.4) is 0 Å². The van der Waals surface area contributed by atoms with E-state index < -0.39 is 0 Å². The number of carbonyl (C=O) groups is 1. The number of anilines is 1. The van der Waals surface area contributed by atoms with Gasteiger partial charge in [0.2, 0.25) is 11.9 Å². The van der Waals surface area contributed by atoms with Crippen molar-refractivity contribution in [2.24, 2.45) is 11.7 Å². The molecule has 3 N–H and O–H groups in total. The molecule has 19 heavy (non-hydrogen) atoms. The zero-order valence-electron chi connectivity index (χ0n) is 11.0. The molecule has 1 aliphatic carbocycles. The molecule has 0 saturated heterocycles. The Balaban J connectivity index is 2.06. The molecule has 1 aromatic rings. The van der Waals surface area contributed by atoms with E-state index in [-0.39, 0.29) is 23.8 Å². The molecular formula is C13H19ClN4O. The van der Waals surface area contributed by atoms with Gasteiger partial charge in [0.15, 0.2) is 0 Å². The predicted molar refractivity (Wildman–Crippen MR) is 75.0 cm³/mol. The summed E-state index contributed by atoms with van der Waals surface area (Å²) in [4.78, 5) is 20.4. The van der Waals surface area contributed by atoms with Crippen LogP contribution in [0, 0.1) is 12.8 Å². The number of nitrogens with two attached hydrogens (primary N) is 1. The van der Waals surface area contributed by atoms with E-state index in [9.17, 15) is 4.79 Å². The molecule has 6 heteroatoms. The Hall–Kier alpha value is -1.20. The molecule has 2 rings (SSSR count). The number of halogens is 1. The molecule has 0 aromatic carbocycles. The molecular weight excluding hydrogens is 264 g/mol. The molecule has 2 unspecified atom stereocenters. The lowest BCUT2D eigenvalue weighted by Gasteiger charge is -2.19. The highest BCUT2D eigenvalue weighted by Gasteiger charge is 2.27. The van der Waals surface area contributed by atoms with Crippen LogP contribution in [0.2, 0.25) is 5.15 Å². The van der Waals surface area contributed by atoms with Gasteiger partial charge in [-0.2, -0.15) is 0 Å². The molecule has 0 spiro atoms. The van der Waals surface area contributed by atoms with Crippen LogP contribution in [0.25, 0.3) is 0 Å². The summed E-state index contributed by atoms with van der Waals surface area (Å²) in [5.41, 5.74) is 6.79. The number of aromatic nitrogens is 2. The number of hydrogen-bond donors (Lipinski definition) is 2. The third-order valence-electron chi connectivity index (χ3n) is 3.46. The normalized spacial score (nSPS) is 23.7. The standard InChI is InChI=1S/C13H19ClN4O/c1-8-7-11(14)17-13(16-8)18-12(19)9-5-3-2-4-6-10(9)15/h7,9-10H,2-6,15H2,1H3,(H,16,17,18,19). The molecule has 1 saturated carbocycles. The maximum Gasteiger partial charge on any atom is 0.231 e. The minimum Gasteiger partial charge on any atom is -0.327 e. The highest BCUT2D eigenvalue weighted by molar-refractivity contribution is 6.29. The lowest BCUT2D eigenvalue weighted by molar-refractivity contribution is -0.120. The number of aryl methyl sites for hydroxylation is 1. The minimum atomic E-state index is -0.162. The van der Waals surface area contributed by atoms with Crippen LogP contribution in [0.1, 0.15) is 37.8 Å². The van der Waals surface area contributed by atoms with E-state index in [0.29, 0.717) is 5.15 Å². The third-order valence-corrected chi connectivity index (χ3v) is 3.66. The van der Waals surface area contributed by atoms with E-state index in [4.69, 9.17) is 17.3 Å². The second-order valence-electron chi connectivity index (χ2n) is 5.05. The van der Waals surface area contributed by atoms with Crippen molar-refractivity contribution in [2.75, 3.05) is 5.32 Å². The van der Waals surface area contributed by atoms with E-state index in [1.54, 1.807) is 13.0 Å². The number of nitrogens with zero attached hydrogens (tertiary/aromatic N) is 2. The first kappa shape index (κ1) is 14.2. The summed E-state index contributed by atoms with van der Waals surface area (Å²) < 4.78 is 0. The van der Waals surface area contributed by atoms with Crippen molar-refractivity contribution in [1.29, 1.82) is 0 Å². The lowest BCUT2D eigenvalue weighted by atomic mass is 9.95. The Morgan fingerprint density at radius 3 is 2.84 bits per heavy atom. The van der Waals surface area contributed by atoms with Crippen LogP contribution in [-0.2, 0) is 4.79 Å². The van der Waals surface area contributed by atoms with Gasteiger partial charge < -0.3 is 5.73 Å². The summed E-state index contributed by atoms with van der Waals surface area (Å²) in [6.07, 6.45) is 5.00. The summed E-state index contributed by atoms with van der Waals surface area (Å²) in [6, 6.07) is 1.57. The average Bonchev–Trinajstić information content (AvgIpc) is 2.52. The molecule has 104 valence electrons. The van der Waals surface area contributed by atoms with Crippen molar-refractivity contribution in [3.63, 3.8) is 0 Å². The predicted octanol–water partition coefficient (Wildman–Crippen LogP) is 2.28. The van der Waals surface area contributed by atoms with Crippen molar-refractivity contribution in [1.82, 2.24) is 9.97 Å².